The summed E-state index contributed by atoms with van der Waals surface area (Å²) in [6.07, 6.45) is 3.23. The Balaban J connectivity index is 1.49. The Kier molecular flexibility index (Phi) is 6.38. The van der Waals surface area contributed by atoms with E-state index in [1.54, 1.807) is 58.8 Å². The van der Waals surface area contributed by atoms with E-state index in [0.29, 0.717) is 42.6 Å². The second-order valence-corrected chi connectivity index (χ2v) is 10.8. The molecule has 3 aromatic heterocycles. The molecule has 1 aliphatic rings. The lowest BCUT2D eigenvalue weighted by Crippen LogP contribution is -2.40. The number of furan rings is 1. The number of hydrogen-bond donors (Lipinski definition) is 0. The maximum Gasteiger partial charge on any atom is 0.243 e. The summed E-state index contributed by atoms with van der Waals surface area (Å²) >= 11 is 3.08. The first-order valence-electron chi connectivity index (χ1n) is 10.2. The number of aromatic nitrogens is 1. The molecule has 5 rings (SSSR count). The molecule has 1 fully saturated rings. The van der Waals surface area contributed by atoms with Crippen LogP contribution >= 0.6 is 22.7 Å². The number of hydrogen-bond acceptors (Lipinski definition) is 8. The van der Waals surface area contributed by atoms with Crippen molar-refractivity contribution >= 4 is 44.6 Å². The molecule has 1 aromatic carbocycles. The van der Waals surface area contributed by atoms with Gasteiger partial charge in [0.05, 0.1) is 46.8 Å². The van der Waals surface area contributed by atoms with Crippen molar-refractivity contribution in [1.82, 2.24) is 8.98 Å². The van der Waals surface area contributed by atoms with Crippen LogP contribution in [0, 0.1) is 0 Å². The molecule has 0 spiro atoms. The predicted octanol–water partition coefficient (Wildman–Crippen LogP) is 4.01. The van der Waals surface area contributed by atoms with Gasteiger partial charge in [-0.25, -0.2) is 18.1 Å². The lowest BCUT2D eigenvalue weighted by molar-refractivity contribution is 0.0730. The fraction of sp³-hybridized carbons (Fsp3) is 0.182. The fourth-order valence-electron chi connectivity index (χ4n) is 3.30. The Morgan fingerprint density at radius 3 is 2.52 bits per heavy atom. The van der Waals surface area contributed by atoms with Gasteiger partial charge in [0.1, 0.15) is 5.76 Å². The molecule has 11 heteroatoms. The monoisotopic (exact) mass is 500 g/mol. The van der Waals surface area contributed by atoms with E-state index in [0.717, 1.165) is 10.6 Å². The van der Waals surface area contributed by atoms with Crippen molar-refractivity contribution in [1.29, 1.82) is 0 Å². The number of sulfonamides is 1. The quantitative estimate of drug-likeness (QED) is 0.374. The molecule has 0 radical (unpaired) electrons. The van der Waals surface area contributed by atoms with Crippen molar-refractivity contribution in [2.75, 3.05) is 26.3 Å². The minimum absolute atomic E-state index is 0.248. The zero-order valence-corrected chi connectivity index (χ0v) is 19.9. The number of rotatable bonds is 6. The van der Waals surface area contributed by atoms with Gasteiger partial charge in [0, 0.05) is 18.5 Å². The predicted molar refractivity (Wildman–Crippen MR) is 129 cm³/mol. The summed E-state index contributed by atoms with van der Waals surface area (Å²) in [5, 5.41) is 8.60. The molecule has 0 atom stereocenters. The number of morpholine rings is 1. The van der Waals surface area contributed by atoms with Gasteiger partial charge in [-0.15, -0.1) is 22.7 Å². The minimum atomic E-state index is -3.54. The zero-order chi connectivity index (χ0) is 22.7. The van der Waals surface area contributed by atoms with Gasteiger partial charge >= 0.3 is 0 Å². The third-order valence-electron chi connectivity index (χ3n) is 4.97. The fourth-order valence-corrected chi connectivity index (χ4v) is 6.36. The van der Waals surface area contributed by atoms with E-state index in [-0.39, 0.29) is 4.90 Å². The summed E-state index contributed by atoms with van der Waals surface area (Å²) in [5.41, 5.74) is 1.56. The summed E-state index contributed by atoms with van der Waals surface area (Å²) in [6.45, 7) is 1.55. The molecule has 0 unspecified atom stereocenters. The molecule has 0 aliphatic carbocycles. The zero-order valence-electron chi connectivity index (χ0n) is 17.4. The third kappa shape index (κ3) is 4.77. The van der Waals surface area contributed by atoms with Gasteiger partial charge in [-0.3, -0.25) is 0 Å². The average Bonchev–Trinajstić information content (AvgIpc) is 3.61. The van der Waals surface area contributed by atoms with Crippen molar-refractivity contribution in [3.8, 4) is 10.6 Å². The summed E-state index contributed by atoms with van der Waals surface area (Å²) in [4.78, 5) is 6.69. The van der Waals surface area contributed by atoms with Crippen LogP contribution in [0.25, 0.3) is 10.6 Å². The van der Waals surface area contributed by atoms with Crippen molar-refractivity contribution in [2.45, 2.75) is 4.90 Å². The second-order valence-electron chi connectivity index (χ2n) is 7.07. The van der Waals surface area contributed by atoms with E-state index in [2.05, 4.69) is 5.10 Å². The number of ether oxygens (including phenoxy) is 1. The van der Waals surface area contributed by atoms with Crippen LogP contribution < -0.4 is 4.80 Å². The summed E-state index contributed by atoms with van der Waals surface area (Å²) in [6, 6.07) is 14.2. The Morgan fingerprint density at radius 2 is 1.82 bits per heavy atom. The van der Waals surface area contributed by atoms with E-state index in [1.807, 2.05) is 29.0 Å². The molecule has 170 valence electrons. The largest absolute Gasteiger partial charge is 0.463 e. The van der Waals surface area contributed by atoms with Crippen LogP contribution in [0.5, 0.6) is 0 Å². The van der Waals surface area contributed by atoms with Crippen LogP contribution in [0.4, 0.5) is 5.69 Å². The van der Waals surface area contributed by atoms with E-state index < -0.39 is 10.0 Å². The van der Waals surface area contributed by atoms with Gasteiger partial charge in [-0.2, -0.15) is 9.41 Å². The number of thiophene rings is 1. The highest BCUT2D eigenvalue weighted by Gasteiger charge is 2.26. The molecular formula is C22H20N4O4S3. The smallest absolute Gasteiger partial charge is 0.243 e. The topological polar surface area (TPSA) is 89.4 Å². The lowest BCUT2D eigenvalue weighted by Gasteiger charge is -2.26. The molecular weight excluding hydrogens is 480 g/mol. The Bertz CT molecular complexity index is 1400. The average molecular weight is 501 g/mol. The van der Waals surface area contributed by atoms with Gasteiger partial charge < -0.3 is 9.15 Å². The van der Waals surface area contributed by atoms with Crippen LogP contribution in [-0.4, -0.2) is 49.9 Å². The third-order valence-corrected chi connectivity index (χ3v) is 8.59. The lowest BCUT2D eigenvalue weighted by atomic mass is 10.3. The molecule has 0 amide bonds. The summed E-state index contributed by atoms with van der Waals surface area (Å²) < 4.78 is 39.5. The van der Waals surface area contributed by atoms with Gasteiger partial charge in [0.25, 0.3) is 0 Å². The van der Waals surface area contributed by atoms with E-state index >= 15 is 0 Å². The highest BCUT2D eigenvalue weighted by atomic mass is 32.2. The molecule has 0 bridgehead atoms. The molecule has 0 N–H and O–H groups in total. The Labute approximate surface area is 198 Å². The second kappa shape index (κ2) is 9.57. The van der Waals surface area contributed by atoms with Gasteiger partial charge in [0.2, 0.25) is 14.8 Å². The highest BCUT2D eigenvalue weighted by Crippen LogP contribution is 2.26. The van der Waals surface area contributed by atoms with Crippen LogP contribution in [0.3, 0.4) is 0 Å². The highest BCUT2D eigenvalue weighted by molar-refractivity contribution is 7.89. The molecule has 4 heterocycles. The van der Waals surface area contributed by atoms with E-state index in [9.17, 15) is 8.42 Å². The molecule has 0 saturated carbocycles. The maximum absolute atomic E-state index is 12.9. The minimum Gasteiger partial charge on any atom is -0.463 e. The normalized spacial score (nSPS) is 16.1. The van der Waals surface area contributed by atoms with Crippen molar-refractivity contribution in [2.24, 2.45) is 10.1 Å². The van der Waals surface area contributed by atoms with E-state index in [1.165, 1.54) is 15.6 Å². The van der Waals surface area contributed by atoms with Crippen molar-refractivity contribution in [3.05, 3.63) is 76.1 Å². The number of thiazole rings is 1. The SMILES string of the molecule is O=S(=O)(c1ccc(N=c2scc(-c3cccs3)n2N=Cc2ccco2)cc1)N1CCOCC1. The van der Waals surface area contributed by atoms with Crippen molar-refractivity contribution in [3.63, 3.8) is 0 Å². The first-order chi connectivity index (χ1) is 16.1. The maximum atomic E-state index is 12.9. The van der Waals surface area contributed by atoms with E-state index in [4.69, 9.17) is 14.1 Å². The number of nitrogens with zero attached hydrogens (tertiary/aromatic N) is 4. The van der Waals surface area contributed by atoms with Crippen LogP contribution in [0.15, 0.2) is 85.0 Å². The molecule has 33 heavy (non-hydrogen) atoms. The Morgan fingerprint density at radius 1 is 1.00 bits per heavy atom. The Hall–Kier alpha value is -2.83. The van der Waals surface area contributed by atoms with Crippen LogP contribution in [-0.2, 0) is 14.8 Å². The van der Waals surface area contributed by atoms with Crippen LogP contribution in [0.1, 0.15) is 5.76 Å². The van der Waals surface area contributed by atoms with Gasteiger partial charge in [0.15, 0.2) is 0 Å². The van der Waals surface area contributed by atoms with Crippen molar-refractivity contribution < 1.29 is 17.6 Å². The molecule has 1 saturated heterocycles. The van der Waals surface area contributed by atoms with Gasteiger partial charge in [-0.1, -0.05) is 6.07 Å². The molecule has 4 aromatic rings. The molecule has 8 nitrogen and oxygen atoms in total. The first-order valence-corrected chi connectivity index (χ1v) is 13.4. The van der Waals surface area contributed by atoms with Crippen LogP contribution in [0.2, 0.25) is 0 Å². The summed E-state index contributed by atoms with van der Waals surface area (Å²) in [7, 11) is -3.54. The molecule has 1 aliphatic heterocycles. The first kappa shape index (κ1) is 22.0. The summed E-state index contributed by atoms with van der Waals surface area (Å²) in [5.74, 6) is 0.634. The standard InChI is InChI=1S/C22H20N4O4S3/c27-33(28,25-9-12-29-13-10-25)19-7-5-17(6-8-19)24-22-26(23-15-18-3-1-11-30-18)20(16-32-22)21-4-2-14-31-21/h1-8,11,14-16H,9-10,12-13H2. The van der Waals surface area contributed by atoms with Gasteiger partial charge in [-0.05, 0) is 47.8 Å². The number of benzene rings is 1.